The van der Waals surface area contributed by atoms with Gasteiger partial charge in [0.1, 0.15) is 18.9 Å². The van der Waals surface area contributed by atoms with Crippen LogP contribution in [0.5, 0.6) is 5.75 Å². The van der Waals surface area contributed by atoms with Gasteiger partial charge in [0.25, 0.3) is 10.0 Å². The van der Waals surface area contributed by atoms with Gasteiger partial charge in [0, 0.05) is 13.0 Å². The van der Waals surface area contributed by atoms with Crippen molar-refractivity contribution in [3.63, 3.8) is 0 Å². The predicted octanol–water partition coefficient (Wildman–Crippen LogP) is 2.42. The fraction of sp³-hybridized carbons (Fsp3) is 0.333. The van der Waals surface area contributed by atoms with E-state index in [0.29, 0.717) is 29.2 Å². The Balaban J connectivity index is 2.12. The van der Waals surface area contributed by atoms with Crippen LogP contribution in [0.15, 0.2) is 41.3 Å². The first kappa shape index (κ1) is 21.6. The van der Waals surface area contributed by atoms with Gasteiger partial charge in [0.2, 0.25) is 5.91 Å². The summed E-state index contributed by atoms with van der Waals surface area (Å²) >= 11 is 0. The molecule has 0 unspecified atom stereocenters. The van der Waals surface area contributed by atoms with Gasteiger partial charge >= 0.3 is 5.97 Å². The SMILES string of the molecule is COC(=O)CN(c1ccc(C)cc1)S(=O)(=O)c1cc2c(cc1C)N(C(C)=O)CCO2. The van der Waals surface area contributed by atoms with Crippen LogP contribution in [0.2, 0.25) is 0 Å². The Bertz CT molecular complexity index is 1080. The number of amides is 1. The second-order valence-corrected chi connectivity index (χ2v) is 8.86. The summed E-state index contributed by atoms with van der Waals surface area (Å²) in [5.74, 6) is -0.530. The van der Waals surface area contributed by atoms with Gasteiger partial charge in [-0.05, 0) is 37.6 Å². The minimum absolute atomic E-state index is 0.00358. The molecule has 0 fully saturated rings. The van der Waals surface area contributed by atoms with Crippen LogP contribution < -0.4 is 13.9 Å². The molecule has 8 nitrogen and oxygen atoms in total. The monoisotopic (exact) mass is 432 g/mol. The lowest BCUT2D eigenvalue weighted by atomic mass is 10.1. The molecule has 0 spiro atoms. The zero-order chi connectivity index (χ0) is 22.1. The van der Waals surface area contributed by atoms with E-state index in [1.165, 1.54) is 20.1 Å². The van der Waals surface area contributed by atoms with Crippen molar-refractivity contribution in [3.05, 3.63) is 47.5 Å². The van der Waals surface area contributed by atoms with Gasteiger partial charge in [0.05, 0.1) is 29.9 Å². The highest BCUT2D eigenvalue weighted by Crippen LogP contribution is 2.37. The minimum Gasteiger partial charge on any atom is -0.489 e. The Morgan fingerprint density at radius 1 is 1.17 bits per heavy atom. The summed E-state index contributed by atoms with van der Waals surface area (Å²) in [5.41, 5.74) is 2.26. The highest BCUT2D eigenvalue weighted by molar-refractivity contribution is 7.93. The Hall–Kier alpha value is -3.07. The smallest absolute Gasteiger partial charge is 0.326 e. The van der Waals surface area contributed by atoms with Crippen LogP contribution >= 0.6 is 0 Å². The summed E-state index contributed by atoms with van der Waals surface area (Å²) in [6.07, 6.45) is 0. The van der Waals surface area contributed by atoms with Crippen molar-refractivity contribution in [1.82, 2.24) is 0 Å². The van der Waals surface area contributed by atoms with Crippen LogP contribution in [0.25, 0.3) is 0 Å². The van der Waals surface area contributed by atoms with Crippen molar-refractivity contribution >= 4 is 33.3 Å². The van der Waals surface area contributed by atoms with Crippen LogP contribution in [0.1, 0.15) is 18.1 Å². The number of methoxy groups -OCH3 is 1. The molecule has 0 aliphatic carbocycles. The predicted molar refractivity (Wildman–Crippen MR) is 112 cm³/mol. The van der Waals surface area contributed by atoms with E-state index in [4.69, 9.17) is 9.47 Å². The van der Waals surface area contributed by atoms with Crippen LogP contribution in [-0.2, 0) is 24.3 Å². The number of esters is 1. The van der Waals surface area contributed by atoms with E-state index in [1.807, 2.05) is 6.92 Å². The third-order valence-corrected chi connectivity index (χ3v) is 6.81. The second-order valence-electron chi connectivity index (χ2n) is 7.03. The molecular formula is C21H24N2O6S. The third kappa shape index (κ3) is 4.11. The van der Waals surface area contributed by atoms with E-state index in [0.717, 1.165) is 9.87 Å². The summed E-state index contributed by atoms with van der Waals surface area (Å²) in [5, 5.41) is 0. The molecule has 9 heteroatoms. The van der Waals surface area contributed by atoms with Crippen molar-refractivity contribution in [3.8, 4) is 5.75 Å². The van der Waals surface area contributed by atoms with Crippen LogP contribution in [-0.4, -0.2) is 47.1 Å². The quantitative estimate of drug-likeness (QED) is 0.674. The molecule has 0 radical (unpaired) electrons. The fourth-order valence-electron chi connectivity index (χ4n) is 3.28. The number of carbonyl (C=O) groups excluding carboxylic acids is 2. The average Bonchev–Trinajstić information content (AvgIpc) is 2.71. The van der Waals surface area contributed by atoms with Crippen LogP contribution in [0.3, 0.4) is 0 Å². The molecule has 2 aromatic rings. The Labute approximate surface area is 176 Å². The number of anilines is 2. The van der Waals surface area contributed by atoms with Crippen molar-refractivity contribution in [2.45, 2.75) is 25.7 Å². The standard InChI is InChI=1S/C21H24N2O6S/c1-14-5-7-17(8-6-14)23(13-21(25)28-4)30(26,27)20-12-19-18(11-15(20)2)22(16(3)24)9-10-29-19/h5-8,11-12H,9-10,13H2,1-4H3. The molecule has 0 aromatic heterocycles. The number of ether oxygens (including phenoxy) is 2. The van der Waals surface area contributed by atoms with Crippen LogP contribution in [0, 0.1) is 13.8 Å². The van der Waals surface area contributed by atoms with E-state index in [1.54, 1.807) is 42.2 Å². The molecule has 2 aromatic carbocycles. The molecule has 160 valence electrons. The lowest BCUT2D eigenvalue weighted by Gasteiger charge is -2.30. The van der Waals surface area contributed by atoms with E-state index >= 15 is 0 Å². The highest BCUT2D eigenvalue weighted by atomic mass is 32.2. The lowest BCUT2D eigenvalue weighted by molar-refractivity contribution is -0.138. The zero-order valence-electron chi connectivity index (χ0n) is 17.3. The first-order valence-electron chi connectivity index (χ1n) is 9.37. The molecular weight excluding hydrogens is 408 g/mol. The molecule has 1 amide bonds. The van der Waals surface area contributed by atoms with E-state index in [9.17, 15) is 18.0 Å². The number of aryl methyl sites for hydroxylation is 2. The van der Waals surface area contributed by atoms with Crippen molar-refractivity contribution < 1.29 is 27.5 Å². The molecule has 3 rings (SSSR count). The molecule has 0 atom stereocenters. The van der Waals surface area contributed by atoms with Gasteiger partial charge in [-0.1, -0.05) is 17.7 Å². The van der Waals surface area contributed by atoms with Gasteiger partial charge in [-0.2, -0.15) is 0 Å². The van der Waals surface area contributed by atoms with Gasteiger partial charge in [-0.25, -0.2) is 8.42 Å². The molecule has 0 bridgehead atoms. The van der Waals surface area contributed by atoms with Gasteiger partial charge in [-0.15, -0.1) is 0 Å². The number of nitrogens with zero attached hydrogens (tertiary/aromatic N) is 2. The average molecular weight is 432 g/mol. The maximum atomic E-state index is 13.6. The number of hydrogen-bond donors (Lipinski definition) is 0. The number of fused-ring (bicyclic) bond motifs is 1. The maximum absolute atomic E-state index is 13.6. The Morgan fingerprint density at radius 3 is 2.43 bits per heavy atom. The Kier molecular flexibility index (Phi) is 6.02. The van der Waals surface area contributed by atoms with Gasteiger partial charge in [-0.3, -0.25) is 13.9 Å². The molecule has 30 heavy (non-hydrogen) atoms. The third-order valence-electron chi connectivity index (χ3n) is 4.89. The Morgan fingerprint density at radius 2 is 1.83 bits per heavy atom. The van der Waals surface area contributed by atoms with Crippen molar-refractivity contribution in [2.24, 2.45) is 0 Å². The maximum Gasteiger partial charge on any atom is 0.326 e. The van der Waals surface area contributed by atoms with E-state index < -0.39 is 22.5 Å². The summed E-state index contributed by atoms with van der Waals surface area (Å²) in [6, 6.07) is 9.84. The first-order valence-corrected chi connectivity index (χ1v) is 10.8. The fourth-order valence-corrected chi connectivity index (χ4v) is 4.91. The molecule has 0 saturated heterocycles. The lowest BCUT2D eigenvalue weighted by Crippen LogP contribution is -2.38. The van der Waals surface area contributed by atoms with Crippen molar-refractivity contribution in [2.75, 3.05) is 36.0 Å². The second kappa shape index (κ2) is 8.35. The molecule has 1 heterocycles. The summed E-state index contributed by atoms with van der Waals surface area (Å²) in [7, 11) is -2.92. The number of carbonyl (C=O) groups is 2. The molecule has 0 saturated carbocycles. The summed E-state index contributed by atoms with van der Waals surface area (Å²) < 4.78 is 38.5. The topological polar surface area (TPSA) is 93.2 Å². The largest absolute Gasteiger partial charge is 0.489 e. The summed E-state index contributed by atoms with van der Waals surface area (Å²) in [6.45, 7) is 5.16. The zero-order valence-corrected chi connectivity index (χ0v) is 18.2. The first-order chi connectivity index (χ1) is 14.1. The number of hydrogen-bond acceptors (Lipinski definition) is 6. The molecule has 0 N–H and O–H groups in total. The number of benzene rings is 2. The summed E-state index contributed by atoms with van der Waals surface area (Å²) in [4.78, 5) is 25.4. The molecule has 1 aliphatic heterocycles. The van der Waals surface area contributed by atoms with Crippen molar-refractivity contribution in [1.29, 1.82) is 0 Å². The van der Waals surface area contributed by atoms with E-state index in [2.05, 4.69) is 0 Å². The molecule has 1 aliphatic rings. The number of rotatable bonds is 5. The minimum atomic E-state index is -4.12. The van der Waals surface area contributed by atoms with E-state index in [-0.39, 0.29) is 17.4 Å². The van der Waals surface area contributed by atoms with Crippen LogP contribution in [0.4, 0.5) is 11.4 Å². The highest BCUT2D eigenvalue weighted by Gasteiger charge is 2.32. The normalized spacial score (nSPS) is 13.3. The van der Waals surface area contributed by atoms with Gasteiger partial charge in [0.15, 0.2) is 0 Å². The van der Waals surface area contributed by atoms with Gasteiger partial charge < -0.3 is 14.4 Å². The number of sulfonamides is 1.